The van der Waals surface area contributed by atoms with Gasteiger partial charge in [-0.05, 0) is 161 Å². The van der Waals surface area contributed by atoms with Gasteiger partial charge in [0.25, 0.3) is 0 Å². The van der Waals surface area contributed by atoms with Crippen LogP contribution >= 0.6 is 15.6 Å². The highest BCUT2D eigenvalue weighted by Gasteiger charge is 2.30. The molecule has 0 aromatic rings. The van der Waals surface area contributed by atoms with Crippen molar-refractivity contribution in [3.8, 4) is 0 Å². The van der Waals surface area contributed by atoms with Crippen LogP contribution in [0.25, 0.3) is 0 Å². The number of ether oxygens (including phenoxy) is 3. The summed E-state index contributed by atoms with van der Waals surface area (Å²) < 4.78 is 61.9. The summed E-state index contributed by atoms with van der Waals surface area (Å²) in [6, 6.07) is 0. The Morgan fingerprint density at radius 1 is 0.204 bits per heavy atom. The van der Waals surface area contributed by atoms with Crippen molar-refractivity contribution >= 4 is 33.6 Å². The molecule has 16 nitrogen and oxygen atoms in total. The number of hydrogen-bond acceptors (Lipinski definition) is 14. The van der Waals surface area contributed by atoms with Crippen LogP contribution in [-0.2, 0) is 55.8 Å². The first-order valence-electron chi connectivity index (χ1n) is 55.7. The van der Waals surface area contributed by atoms with Crippen LogP contribution in [0.5, 0.6) is 0 Å². The van der Waals surface area contributed by atoms with Crippen LogP contribution < -0.4 is 0 Å². The summed E-state index contributed by atoms with van der Waals surface area (Å²) in [4.78, 5) is 59.4. The van der Waals surface area contributed by atoms with Gasteiger partial charge in [-0.1, -0.05) is 498 Å². The van der Waals surface area contributed by atoms with Crippen molar-refractivity contribution in [2.75, 3.05) is 39.6 Å². The smallest absolute Gasteiger partial charge is 0.463 e. The molecule has 0 saturated heterocycles. The molecule has 0 aliphatic rings. The highest BCUT2D eigenvalue weighted by molar-refractivity contribution is 7.47. The monoisotopic (exact) mass is 1950 g/mol. The Labute approximate surface area is 839 Å². The van der Waals surface area contributed by atoms with Crippen LogP contribution in [0, 0.1) is 0 Å². The predicted octanol–water partition coefficient (Wildman–Crippen LogP) is 36.0. The molecule has 0 aromatic carbocycles. The molecule has 0 aromatic heterocycles. The van der Waals surface area contributed by atoms with Gasteiger partial charge in [0.2, 0.25) is 0 Å². The van der Waals surface area contributed by atoms with E-state index in [-0.39, 0.29) is 19.3 Å². The molecule has 786 valence electrons. The van der Waals surface area contributed by atoms with Crippen LogP contribution in [0.3, 0.4) is 0 Å². The summed E-state index contributed by atoms with van der Waals surface area (Å²) in [6.45, 7) is 2.43. The maximum atomic E-state index is 13.2. The molecule has 0 aliphatic carbocycles. The molecule has 5 atom stereocenters. The number of rotatable bonds is 105. The topological polar surface area (TPSA) is 231 Å². The average molecular weight is 1950 g/mol. The minimum atomic E-state index is -4.95. The van der Waals surface area contributed by atoms with Gasteiger partial charge in [0, 0.05) is 19.3 Å². The van der Waals surface area contributed by atoms with Gasteiger partial charge in [-0.15, -0.1) is 0 Å². The lowest BCUT2D eigenvalue weighted by atomic mass is 10.0. The normalized spacial score (nSPS) is 14.3. The fourth-order valence-corrected chi connectivity index (χ4v) is 17.1. The number of aliphatic hydroxyl groups excluding tert-OH is 2. The Hall–Kier alpha value is -5.61. The standard InChI is InChI=1S/C119H204O16P2/c1-4-7-10-13-16-19-22-25-28-31-34-37-40-43-46-49-52-54-56-58-61-63-66-69-72-75-78-81-84-87-90-93-96-99-102-105-117(122)129-108-114(120)109-131-136(125,126)132-110-115(121)111-133-137(127,128)134-113-116(135-119(124)107-104-101-98-95-92-89-86-83-80-77-74-71-68-65-60-51-48-45-42-39-36-33-30-27-24-21-18-15-12-9-6-3)112-130-118(123)106-103-100-97-94-91-88-85-82-79-76-73-70-67-64-62-59-57-55-53-50-47-44-41-38-35-32-29-26-23-20-17-14-11-8-5-2/h7-12,16-21,25-30,34-39,43-48,60,65,114-116,120-121H,4-6,13-15,22-24,31-33,40-42,49-59,61-64,66-113H2,1-3H3,(H,125,126)(H,127,128)/b10-7-,11-8-,12-9-,19-16-,20-17-,21-18-,28-25-,29-26-,30-27-,37-34-,38-35-,39-36-,46-43-,47-44-,48-45-,65-60-. The van der Waals surface area contributed by atoms with E-state index in [1.54, 1.807) is 0 Å². The third kappa shape index (κ3) is 111. The molecular formula is C119H204O16P2. The zero-order chi connectivity index (χ0) is 99.2. The summed E-state index contributed by atoms with van der Waals surface area (Å²) in [5, 5.41) is 20.8. The van der Waals surface area contributed by atoms with E-state index < -0.39 is 91.5 Å². The number of esters is 3. The number of carbonyl (C=O) groups excluding carboxylic acids is 3. The van der Waals surface area contributed by atoms with Crippen molar-refractivity contribution < 1.29 is 75.8 Å². The van der Waals surface area contributed by atoms with Crippen molar-refractivity contribution in [3.05, 3.63) is 194 Å². The van der Waals surface area contributed by atoms with E-state index in [2.05, 4.69) is 215 Å². The van der Waals surface area contributed by atoms with Gasteiger partial charge >= 0.3 is 33.6 Å². The average Bonchev–Trinajstić information content (AvgIpc) is 1.21. The summed E-state index contributed by atoms with van der Waals surface area (Å²) in [5.41, 5.74) is 0. The molecule has 5 unspecified atom stereocenters. The zero-order valence-corrected chi connectivity index (χ0v) is 89.2. The molecule has 0 fully saturated rings. The van der Waals surface area contributed by atoms with Crippen molar-refractivity contribution in [3.63, 3.8) is 0 Å². The van der Waals surface area contributed by atoms with Gasteiger partial charge in [-0.2, -0.15) is 0 Å². The van der Waals surface area contributed by atoms with Crippen LogP contribution in [0.15, 0.2) is 194 Å². The first kappa shape index (κ1) is 131. The molecular weight excluding hydrogens is 1750 g/mol. The highest BCUT2D eigenvalue weighted by atomic mass is 31.2. The SMILES string of the molecule is CC/C=C\C/C=C\C/C=C\C/C=C\C/C=C\C/C=C\CCCCCCCCCCCCCCC(=O)OC(COC(=O)CCCCCCCCCCCCCCCCCCCCC/C=C\C/C=C\C/C=C\C/C=C\C/C=C\CC)COP(=O)(O)OCC(O)COP(=O)(O)OCC(O)COC(=O)CCCCCCCCCCCCCCCCCCCCC/C=C\C/C=C\C/C=C\C/C=C\C/C=C\CC. The Kier molecular flexibility index (Phi) is 105. The van der Waals surface area contributed by atoms with Crippen LogP contribution in [0.4, 0.5) is 0 Å². The first-order valence-corrected chi connectivity index (χ1v) is 58.7. The fourth-order valence-electron chi connectivity index (χ4n) is 15.5. The maximum Gasteiger partial charge on any atom is 0.472 e. The van der Waals surface area contributed by atoms with Crippen molar-refractivity contribution in [1.29, 1.82) is 0 Å². The van der Waals surface area contributed by atoms with E-state index in [1.165, 1.54) is 250 Å². The predicted molar refractivity (Wildman–Crippen MR) is 583 cm³/mol. The molecule has 0 aliphatic heterocycles. The number of phosphoric ester groups is 2. The van der Waals surface area contributed by atoms with Crippen molar-refractivity contribution in [1.82, 2.24) is 0 Å². The quantitative estimate of drug-likeness (QED) is 0.0146. The fraction of sp³-hybridized carbons (Fsp3) is 0.706. The van der Waals surface area contributed by atoms with E-state index in [0.717, 1.165) is 173 Å². The van der Waals surface area contributed by atoms with Crippen molar-refractivity contribution in [2.24, 2.45) is 0 Å². The second kappa shape index (κ2) is 109. The lowest BCUT2D eigenvalue weighted by molar-refractivity contribution is -0.161. The van der Waals surface area contributed by atoms with Gasteiger partial charge in [0.15, 0.2) is 6.10 Å². The molecule has 0 spiro atoms. The van der Waals surface area contributed by atoms with Gasteiger partial charge < -0.3 is 34.2 Å². The van der Waals surface area contributed by atoms with E-state index in [0.29, 0.717) is 19.3 Å². The van der Waals surface area contributed by atoms with E-state index in [1.807, 2.05) is 0 Å². The number of unbranched alkanes of at least 4 members (excludes halogenated alkanes) is 50. The lowest BCUT2D eigenvalue weighted by Crippen LogP contribution is -2.30. The van der Waals surface area contributed by atoms with Crippen LogP contribution in [0.1, 0.15) is 483 Å². The Bertz CT molecular complexity index is 3270. The minimum Gasteiger partial charge on any atom is -0.463 e. The van der Waals surface area contributed by atoms with Gasteiger partial charge in [0.1, 0.15) is 25.4 Å². The molecule has 0 radical (unpaired) electrons. The number of hydrogen-bond donors (Lipinski definition) is 4. The van der Waals surface area contributed by atoms with Gasteiger partial charge in [-0.25, -0.2) is 9.13 Å². The van der Waals surface area contributed by atoms with Crippen LogP contribution in [-0.4, -0.2) is 95.9 Å². The highest BCUT2D eigenvalue weighted by Crippen LogP contribution is 2.45. The number of phosphoric acid groups is 2. The Balaban J connectivity index is 4.59. The molecule has 0 amide bonds. The molecule has 0 rings (SSSR count). The molecule has 18 heteroatoms. The van der Waals surface area contributed by atoms with Gasteiger partial charge in [-0.3, -0.25) is 32.5 Å². The van der Waals surface area contributed by atoms with E-state index in [9.17, 15) is 43.5 Å². The summed E-state index contributed by atoms with van der Waals surface area (Å²) in [5.74, 6) is -1.55. The van der Waals surface area contributed by atoms with E-state index in [4.69, 9.17) is 32.3 Å². The largest absolute Gasteiger partial charge is 0.472 e. The molecule has 4 N–H and O–H groups in total. The summed E-state index contributed by atoms with van der Waals surface area (Å²) in [6.07, 6.45) is 148. The first-order chi connectivity index (χ1) is 67.2. The third-order valence-corrected chi connectivity index (χ3v) is 25.7. The molecule has 0 heterocycles. The number of carbonyl (C=O) groups is 3. The molecule has 137 heavy (non-hydrogen) atoms. The molecule has 0 saturated carbocycles. The number of aliphatic hydroxyl groups is 2. The van der Waals surface area contributed by atoms with Crippen molar-refractivity contribution in [2.45, 2.75) is 501 Å². The lowest BCUT2D eigenvalue weighted by Gasteiger charge is -2.21. The second-order valence-corrected chi connectivity index (χ2v) is 39.9. The third-order valence-electron chi connectivity index (χ3n) is 23.8. The van der Waals surface area contributed by atoms with E-state index >= 15 is 0 Å². The summed E-state index contributed by atoms with van der Waals surface area (Å²) >= 11 is 0. The Morgan fingerprint density at radius 2 is 0.365 bits per heavy atom. The Morgan fingerprint density at radius 3 is 0.577 bits per heavy atom. The van der Waals surface area contributed by atoms with Gasteiger partial charge in [0.05, 0.1) is 26.4 Å². The number of allylic oxidation sites excluding steroid dienone is 32. The second-order valence-electron chi connectivity index (χ2n) is 37.0. The zero-order valence-electron chi connectivity index (χ0n) is 87.4. The maximum absolute atomic E-state index is 13.2. The van der Waals surface area contributed by atoms with Crippen LogP contribution in [0.2, 0.25) is 0 Å². The molecule has 0 bridgehead atoms. The summed E-state index contributed by atoms with van der Waals surface area (Å²) in [7, 11) is -9.82. The minimum absolute atomic E-state index is 0.0992.